The Kier molecular flexibility index (Phi) is 7.95. The summed E-state index contributed by atoms with van der Waals surface area (Å²) in [6, 6.07) is 10.4. The van der Waals surface area contributed by atoms with Gasteiger partial charge in [-0.05, 0) is 54.2 Å². The van der Waals surface area contributed by atoms with E-state index in [2.05, 4.69) is 49.9 Å². The first-order valence-corrected chi connectivity index (χ1v) is 12.5. The summed E-state index contributed by atoms with van der Waals surface area (Å²) in [6.07, 6.45) is 4.93. The Morgan fingerprint density at radius 1 is 1.16 bits per heavy atom. The van der Waals surface area contributed by atoms with Crippen LogP contribution < -0.4 is 34.7 Å². The fourth-order valence-corrected chi connectivity index (χ4v) is 5.54. The number of rotatable bonds is 6. The second-order valence-electron chi connectivity index (χ2n) is 10.6. The molecule has 37 heavy (non-hydrogen) atoms. The topological polar surface area (TPSA) is 91.9 Å². The minimum Gasteiger partial charge on any atom is -0.550 e. The van der Waals surface area contributed by atoms with Gasteiger partial charge in [-0.15, -0.1) is 5.10 Å². The van der Waals surface area contributed by atoms with Crippen LogP contribution in [0.3, 0.4) is 0 Å². The summed E-state index contributed by atoms with van der Waals surface area (Å²) in [5.74, 6) is -1.48. The van der Waals surface area contributed by atoms with Crippen molar-refractivity contribution in [1.82, 2.24) is 29.4 Å². The van der Waals surface area contributed by atoms with Gasteiger partial charge in [0.2, 0.25) is 0 Å². The quantitative estimate of drug-likeness (QED) is 0.343. The van der Waals surface area contributed by atoms with Gasteiger partial charge in [0, 0.05) is 56.7 Å². The molecule has 2 aromatic carbocycles. The van der Waals surface area contributed by atoms with Crippen LogP contribution in [0.15, 0.2) is 42.9 Å². The number of benzene rings is 2. The Bertz CT molecular complexity index is 1440. The van der Waals surface area contributed by atoms with Crippen LogP contribution in [0.4, 0.5) is 0 Å². The van der Waals surface area contributed by atoms with Gasteiger partial charge in [-0.2, -0.15) is 0 Å². The summed E-state index contributed by atoms with van der Waals surface area (Å²) in [6.45, 7) is 11.3. The molecule has 8 nitrogen and oxygen atoms in total. The molecule has 0 bridgehead atoms. The molecule has 0 fully saturated rings. The van der Waals surface area contributed by atoms with E-state index in [0.717, 1.165) is 60.3 Å². The predicted octanol–water partition coefficient (Wildman–Crippen LogP) is 0.0995. The van der Waals surface area contributed by atoms with Crippen molar-refractivity contribution in [1.29, 1.82) is 0 Å². The molecule has 0 saturated heterocycles. The molecule has 1 atom stereocenters. The summed E-state index contributed by atoms with van der Waals surface area (Å²) in [5, 5.41) is 20.9. The van der Waals surface area contributed by atoms with Gasteiger partial charge in [0.25, 0.3) is 0 Å². The monoisotopic (exact) mass is 508 g/mol. The van der Waals surface area contributed by atoms with Gasteiger partial charge in [-0.25, -0.2) is 9.67 Å². The zero-order valence-electron chi connectivity index (χ0n) is 22.7. The Hall–Kier alpha value is -2.52. The van der Waals surface area contributed by atoms with Crippen molar-refractivity contribution in [2.75, 3.05) is 6.54 Å². The van der Waals surface area contributed by atoms with Crippen LogP contribution in [0.25, 0.3) is 11.0 Å². The molecule has 1 aliphatic heterocycles. The Morgan fingerprint density at radius 3 is 2.70 bits per heavy atom. The number of hydrogen-bond donors (Lipinski definition) is 0. The Morgan fingerprint density at radius 2 is 1.95 bits per heavy atom. The van der Waals surface area contributed by atoms with E-state index in [9.17, 15) is 9.90 Å². The number of hydrogen-bond acceptors (Lipinski definition) is 6. The van der Waals surface area contributed by atoms with Crippen molar-refractivity contribution < 1.29 is 39.5 Å². The molecule has 0 spiro atoms. The zero-order valence-corrected chi connectivity index (χ0v) is 24.7. The first-order chi connectivity index (χ1) is 17.2. The number of aryl methyl sites for hydroxylation is 4. The number of nitrogens with zero attached hydrogens (tertiary/aromatic N) is 6. The van der Waals surface area contributed by atoms with Gasteiger partial charge in [-0.1, -0.05) is 43.3 Å². The summed E-state index contributed by atoms with van der Waals surface area (Å²) in [4.78, 5) is 19.2. The molecule has 3 heterocycles. The van der Waals surface area contributed by atoms with Gasteiger partial charge >= 0.3 is 29.6 Å². The van der Waals surface area contributed by atoms with Crippen LogP contribution in [0.1, 0.15) is 59.7 Å². The second kappa shape index (κ2) is 10.7. The van der Waals surface area contributed by atoms with E-state index < -0.39 is 17.3 Å². The smallest absolute Gasteiger partial charge is 0.550 e. The molecule has 188 valence electrons. The maximum atomic E-state index is 12.4. The van der Waals surface area contributed by atoms with E-state index in [1.807, 2.05) is 38.6 Å². The minimum absolute atomic E-state index is 0. The van der Waals surface area contributed by atoms with Crippen molar-refractivity contribution in [2.45, 2.75) is 59.7 Å². The predicted molar refractivity (Wildman–Crippen MR) is 136 cm³/mol. The molecule has 5 rings (SSSR count). The molecule has 0 aliphatic carbocycles. The van der Waals surface area contributed by atoms with Crippen LogP contribution in [-0.2, 0) is 31.5 Å². The first-order valence-electron chi connectivity index (χ1n) is 12.5. The van der Waals surface area contributed by atoms with E-state index >= 15 is 0 Å². The Balaban J connectivity index is 0.00000320. The zero-order chi connectivity index (χ0) is 25.6. The summed E-state index contributed by atoms with van der Waals surface area (Å²) < 4.78 is 3.97. The molecular formula is C28H33N6NaO2. The summed E-state index contributed by atoms with van der Waals surface area (Å²) in [7, 11) is 1.86. The number of carbonyl (C=O) groups excluding carboxylic acids is 1. The molecule has 2 aromatic heterocycles. The molecule has 0 radical (unpaired) electrons. The van der Waals surface area contributed by atoms with Crippen LogP contribution in [0, 0.1) is 19.3 Å². The third kappa shape index (κ3) is 5.12. The molecule has 1 aliphatic rings. The number of carboxylic acids is 1. The van der Waals surface area contributed by atoms with Crippen molar-refractivity contribution in [3.63, 3.8) is 0 Å². The van der Waals surface area contributed by atoms with E-state index in [4.69, 9.17) is 0 Å². The number of imidazole rings is 1. The fourth-order valence-electron chi connectivity index (χ4n) is 5.54. The van der Waals surface area contributed by atoms with Gasteiger partial charge in [0.15, 0.2) is 0 Å². The molecule has 9 heteroatoms. The number of carbonyl (C=O) groups is 1. The molecular weight excluding hydrogens is 475 g/mol. The van der Waals surface area contributed by atoms with E-state index in [0.29, 0.717) is 0 Å². The van der Waals surface area contributed by atoms with Gasteiger partial charge in [0.1, 0.15) is 5.52 Å². The standard InChI is InChI=1S/C28H34N6O2.Na/c1-18-7-8-20(13-21(18)15-33-11-6-12-34-17-29-14-22(34)16-33)25(28(3,4)27(35)36)23-9-10-24-26(19(23)2)30-31-32(24)5;/h7-10,13-14,17,25H,6,11-12,15-16H2,1-5H3,(H,35,36);/q;+1/p-1. The average Bonchev–Trinajstić information content (AvgIpc) is 3.38. The normalized spacial score (nSPS) is 15.2. The maximum absolute atomic E-state index is 12.4. The van der Waals surface area contributed by atoms with Crippen molar-refractivity contribution in [3.05, 3.63) is 76.4 Å². The van der Waals surface area contributed by atoms with Crippen molar-refractivity contribution >= 4 is 17.0 Å². The van der Waals surface area contributed by atoms with E-state index in [1.54, 1.807) is 18.5 Å². The molecule has 0 saturated carbocycles. The van der Waals surface area contributed by atoms with Crippen LogP contribution in [-0.4, -0.2) is 42.0 Å². The fraction of sp³-hybridized carbons (Fsp3) is 0.429. The molecule has 4 aromatic rings. The van der Waals surface area contributed by atoms with Crippen molar-refractivity contribution in [2.24, 2.45) is 12.5 Å². The Labute approximate surface area is 240 Å². The third-order valence-corrected chi connectivity index (χ3v) is 7.80. The maximum Gasteiger partial charge on any atom is 1.00 e. The first kappa shape index (κ1) is 27.5. The number of fused-ring (bicyclic) bond motifs is 2. The van der Waals surface area contributed by atoms with Gasteiger partial charge in [-0.3, -0.25) is 4.90 Å². The average molecular weight is 509 g/mol. The van der Waals surface area contributed by atoms with Crippen LogP contribution in [0.2, 0.25) is 0 Å². The molecule has 1 unspecified atom stereocenters. The molecule has 0 N–H and O–H groups in total. The minimum atomic E-state index is -1.14. The van der Waals surface area contributed by atoms with Crippen molar-refractivity contribution in [3.8, 4) is 0 Å². The molecule has 0 amide bonds. The third-order valence-electron chi connectivity index (χ3n) is 7.80. The van der Waals surface area contributed by atoms with Gasteiger partial charge < -0.3 is 14.5 Å². The van der Waals surface area contributed by atoms with Crippen LogP contribution in [0.5, 0.6) is 0 Å². The summed E-state index contributed by atoms with van der Waals surface area (Å²) in [5.41, 5.74) is 7.06. The second-order valence-corrected chi connectivity index (χ2v) is 10.6. The summed E-state index contributed by atoms with van der Waals surface area (Å²) >= 11 is 0. The van der Waals surface area contributed by atoms with Gasteiger partial charge in [0.05, 0.1) is 17.5 Å². The van der Waals surface area contributed by atoms with Crippen LogP contribution >= 0.6 is 0 Å². The number of aromatic nitrogens is 5. The van der Waals surface area contributed by atoms with E-state index in [-0.39, 0.29) is 29.6 Å². The van der Waals surface area contributed by atoms with E-state index in [1.165, 1.54) is 16.8 Å². The largest absolute Gasteiger partial charge is 1.00 e. The number of carboxylic acid groups (broad SMARTS) is 1. The number of aliphatic carboxylic acids is 1. The SMILES string of the molecule is Cc1ccc(C(c2ccc3c(nnn3C)c2C)C(C)(C)C(=O)[O-])cc1CN1CCCn2cncc2C1.[Na+].